The minimum Gasteiger partial charge on any atom is -0.308 e. The molecule has 1 aromatic heterocycles. The fraction of sp³-hybridized carbons (Fsp3) is 0.500. The Bertz CT molecular complexity index is 365. The molecule has 0 aromatic carbocycles. The van der Waals surface area contributed by atoms with Gasteiger partial charge < -0.3 is 5.32 Å². The van der Waals surface area contributed by atoms with E-state index in [-0.39, 0.29) is 0 Å². The maximum Gasteiger partial charge on any atom is 0.0605 e. The van der Waals surface area contributed by atoms with Crippen LogP contribution in [0.25, 0.3) is 0 Å². The third-order valence-corrected chi connectivity index (χ3v) is 4.03. The Labute approximate surface area is 108 Å². The van der Waals surface area contributed by atoms with Crippen LogP contribution in [0.4, 0.5) is 0 Å². The molecule has 1 aliphatic carbocycles. The van der Waals surface area contributed by atoms with Gasteiger partial charge >= 0.3 is 0 Å². The van der Waals surface area contributed by atoms with Crippen LogP contribution in [0.3, 0.4) is 0 Å². The van der Waals surface area contributed by atoms with Crippen molar-refractivity contribution in [3.63, 3.8) is 0 Å². The van der Waals surface area contributed by atoms with E-state index in [0.717, 1.165) is 18.1 Å². The van der Waals surface area contributed by atoms with Crippen molar-refractivity contribution in [3.8, 4) is 0 Å². The third kappa shape index (κ3) is 3.58. The Morgan fingerprint density at radius 3 is 3.41 bits per heavy atom. The molecule has 0 spiro atoms. The van der Waals surface area contributed by atoms with Crippen molar-refractivity contribution in [1.82, 2.24) is 10.3 Å². The molecule has 0 aliphatic heterocycles. The Morgan fingerprint density at radius 1 is 1.59 bits per heavy atom. The summed E-state index contributed by atoms with van der Waals surface area (Å²) in [5, 5.41) is 3.62. The van der Waals surface area contributed by atoms with Gasteiger partial charge in [0.1, 0.15) is 0 Å². The van der Waals surface area contributed by atoms with Gasteiger partial charge in [-0.3, -0.25) is 4.98 Å². The second-order valence-electron chi connectivity index (χ2n) is 4.31. The van der Waals surface area contributed by atoms with Crippen LogP contribution in [0.1, 0.15) is 30.1 Å². The summed E-state index contributed by atoms with van der Waals surface area (Å²) >= 11 is 1.92. The average molecular weight is 248 g/mol. The van der Waals surface area contributed by atoms with Crippen molar-refractivity contribution < 1.29 is 0 Å². The van der Waals surface area contributed by atoms with Gasteiger partial charge in [0.25, 0.3) is 0 Å². The van der Waals surface area contributed by atoms with E-state index < -0.39 is 0 Å². The van der Waals surface area contributed by atoms with Crippen LogP contribution < -0.4 is 5.32 Å². The van der Waals surface area contributed by atoms with Gasteiger partial charge in [0, 0.05) is 30.3 Å². The first-order valence-electron chi connectivity index (χ1n) is 6.27. The fourth-order valence-electron chi connectivity index (χ4n) is 2.28. The molecule has 1 N–H and O–H groups in total. The molecule has 3 heteroatoms. The zero-order valence-electron chi connectivity index (χ0n) is 10.2. The van der Waals surface area contributed by atoms with Gasteiger partial charge in [0.05, 0.1) is 5.69 Å². The number of fused-ring (bicyclic) bond motifs is 1. The highest BCUT2D eigenvalue weighted by Gasteiger charge is 2.20. The summed E-state index contributed by atoms with van der Waals surface area (Å²) in [5.74, 6) is 2.19. The summed E-state index contributed by atoms with van der Waals surface area (Å²) < 4.78 is 0. The topological polar surface area (TPSA) is 24.9 Å². The lowest BCUT2D eigenvalue weighted by Gasteiger charge is -2.25. The van der Waals surface area contributed by atoms with E-state index >= 15 is 0 Å². The first kappa shape index (κ1) is 12.7. The summed E-state index contributed by atoms with van der Waals surface area (Å²) in [5.41, 5.74) is 2.70. The molecule has 0 amide bonds. The van der Waals surface area contributed by atoms with Crippen LogP contribution in [0.2, 0.25) is 0 Å². The Hall–Kier alpha value is -0.800. The Balaban J connectivity index is 1.84. The lowest BCUT2D eigenvalue weighted by Crippen LogP contribution is -2.28. The van der Waals surface area contributed by atoms with Crippen LogP contribution in [-0.4, -0.2) is 23.0 Å². The standard InChI is InChI=1S/C14H20N2S/c1-2-10-17-11-9-15-13-7-3-5-12-6-4-8-16-14(12)13/h2,4,6,8,13,15H,1,3,5,7,9-11H2. The monoisotopic (exact) mass is 248 g/mol. The largest absolute Gasteiger partial charge is 0.308 e. The number of hydrogen-bond donors (Lipinski definition) is 1. The molecule has 1 aliphatic rings. The summed E-state index contributed by atoms with van der Waals surface area (Å²) in [6.45, 7) is 4.78. The average Bonchev–Trinajstić information content (AvgIpc) is 2.39. The van der Waals surface area contributed by atoms with Crippen molar-refractivity contribution in [3.05, 3.63) is 42.2 Å². The first-order valence-corrected chi connectivity index (χ1v) is 7.43. The number of nitrogens with one attached hydrogen (secondary N) is 1. The van der Waals surface area contributed by atoms with E-state index in [9.17, 15) is 0 Å². The smallest absolute Gasteiger partial charge is 0.0605 e. The van der Waals surface area contributed by atoms with Crippen LogP contribution in [0.5, 0.6) is 0 Å². The molecule has 0 bridgehead atoms. The quantitative estimate of drug-likeness (QED) is 0.619. The molecule has 0 saturated heterocycles. The van der Waals surface area contributed by atoms with Gasteiger partial charge in [0.15, 0.2) is 0 Å². The van der Waals surface area contributed by atoms with Crippen LogP contribution in [0, 0.1) is 0 Å². The van der Waals surface area contributed by atoms with Crippen LogP contribution in [-0.2, 0) is 6.42 Å². The summed E-state index contributed by atoms with van der Waals surface area (Å²) in [7, 11) is 0. The van der Waals surface area contributed by atoms with Crippen molar-refractivity contribution in [1.29, 1.82) is 0 Å². The number of aromatic nitrogens is 1. The Morgan fingerprint density at radius 2 is 2.53 bits per heavy atom. The maximum atomic E-state index is 4.53. The zero-order chi connectivity index (χ0) is 11.9. The second kappa shape index (κ2) is 6.82. The molecular weight excluding hydrogens is 228 g/mol. The Kier molecular flexibility index (Phi) is 5.08. The van der Waals surface area contributed by atoms with Gasteiger partial charge in [-0.1, -0.05) is 12.1 Å². The number of rotatable bonds is 6. The van der Waals surface area contributed by atoms with Crippen molar-refractivity contribution >= 4 is 11.8 Å². The summed E-state index contributed by atoms with van der Waals surface area (Å²) in [4.78, 5) is 4.53. The molecule has 1 heterocycles. The predicted molar refractivity (Wildman–Crippen MR) is 75.4 cm³/mol. The van der Waals surface area contributed by atoms with Crippen molar-refractivity contribution in [2.45, 2.75) is 25.3 Å². The number of aryl methyl sites for hydroxylation is 1. The molecule has 17 heavy (non-hydrogen) atoms. The molecule has 1 aromatic rings. The second-order valence-corrected chi connectivity index (χ2v) is 5.46. The van der Waals surface area contributed by atoms with Crippen LogP contribution >= 0.6 is 11.8 Å². The van der Waals surface area contributed by atoms with E-state index in [1.165, 1.54) is 30.5 Å². The van der Waals surface area contributed by atoms with Gasteiger partial charge in [-0.05, 0) is 30.9 Å². The summed E-state index contributed by atoms with van der Waals surface area (Å²) in [6.07, 6.45) is 7.55. The maximum absolute atomic E-state index is 4.53. The van der Waals surface area contributed by atoms with E-state index in [2.05, 4.69) is 22.9 Å². The van der Waals surface area contributed by atoms with Gasteiger partial charge in [-0.25, -0.2) is 0 Å². The minimum atomic E-state index is 0.462. The molecule has 1 atom stereocenters. The van der Waals surface area contributed by atoms with E-state index in [1.54, 1.807) is 0 Å². The molecule has 0 fully saturated rings. The molecule has 0 radical (unpaired) electrons. The highest BCUT2D eigenvalue weighted by molar-refractivity contribution is 7.99. The molecular formula is C14H20N2S. The predicted octanol–water partition coefficient (Wildman–Crippen LogP) is 2.97. The van der Waals surface area contributed by atoms with Crippen molar-refractivity contribution in [2.75, 3.05) is 18.1 Å². The normalized spacial score (nSPS) is 18.7. The van der Waals surface area contributed by atoms with Gasteiger partial charge in [0.2, 0.25) is 0 Å². The van der Waals surface area contributed by atoms with E-state index in [1.807, 2.05) is 30.1 Å². The van der Waals surface area contributed by atoms with Crippen LogP contribution in [0.15, 0.2) is 31.0 Å². The molecule has 1 unspecified atom stereocenters. The molecule has 0 saturated carbocycles. The summed E-state index contributed by atoms with van der Waals surface area (Å²) in [6, 6.07) is 4.72. The third-order valence-electron chi connectivity index (χ3n) is 3.07. The SMILES string of the molecule is C=CCSCCNC1CCCc2cccnc21. The first-order chi connectivity index (χ1) is 8.42. The fourth-order valence-corrected chi connectivity index (χ4v) is 2.88. The van der Waals surface area contributed by atoms with Gasteiger partial charge in [-0.2, -0.15) is 11.8 Å². The zero-order valence-corrected chi connectivity index (χ0v) is 11.0. The molecule has 2 nitrogen and oxygen atoms in total. The number of hydrogen-bond acceptors (Lipinski definition) is 3. The number of thioether (sulfide) groups is 1. The van der Waals surface area contributed by atoms with E-state index in [4.69, 9.17) is 0 Å². The molecule has 2 rings (SSSR count). The van der Waals surface area contributed by atoms with Crippen molar-refractivity contribution in [2.24, 2.45) is 0 Å². The lowest BCUT2D eigenvalue weighted by atomic mass is 9.92. The highest BCUT2D eigenvalue weighted by Crippen LogP contribution is 2.27. The minimum absolute atomic E-state index is 0.462. The lowest BCUT2D eigenvalue weighted by molar-refractivity contribution is 0.461. The molecule has 92 valence electrons. The number of nitrogens with zero attached hydrogens (tertiary/aromatic N) is 1. The highest BCUT2D eigenvalue weighted by atomic mass is 32.2. The van der Waals surface area contributed by atoms with Gasteiger partial charge in [-0.15, -0.1) is 6.58 Å². The number of pyridine rings is 1. The van der Waals surface area contributed by atoms with E-state index in [0.29, 0.717) is 6.04 Å².